The first-order valence-electron chi connectivity index (χ1n) is 11.4. The Morgan fingerprint density at radius 2 is 1.42 bits per heavy atom. The molecule has 7 heteroatoms. The van der Waals surface area contributed by atoms with E-state index in [1.807, 2.05) is 22.7 Å². The molecule has 0 spiro atoms. The van der Waals surface area contributed by atoms with Gasteiger partial charge in [-0.05, 0) is 56.7 Å². The van der Waals surface area contributed by atoms with Crippen molar-refractivity contribution in [3.63, 3.8) is 0 Å². The van der Waals surface area contributed by atoms with Crippen LogP contribution in [0.3, 0.4) is 0 Å². The third-order valence-electron chi connectivity index (χ3n) is 6.32. The topological polar surface area (TPSA) is 7.12 Å². The third-order valence-corrected chi connectivity index (χ3v) is 8.82. The van der Waals surface area contributed by atoms with Crippen molar-refractivity contribution in [2.24, 2.45) is 0 Å². The molecule has 182 valence electrons. The van der Waals surface area contributed by atoms with Gasteiger partial charge in [0.2, 0.25) is 0 Å². The van der Waals surface area contributed by atoms with Crippen LogP contribution in [0, 0.1) is 0 Å². The van der Waals surface area contributed by atoms with Crippen LogP contribution in [-0.2, 0) is 6.54 Å². The lowest BCUT2D eigenvalue weighted by atomic mass is 10.2. The largest absolute Gasteiger partial charge is 1.00 e. The van der Waals surface area contributed by atoms with Gasteiger partial charge in [-0.1, -0.05) is 6.08 Å². The van der Waals surface area contributed by atoms with Crippen LogP contribution in [0.2, 0.25) is 0 Å². The lowest BCUT2D eigenvalue weighted by Gasteiger charge is -2.35. The molecule has 0 radical (unpaired) electrons. The van der Waals surface area contributed by atoms with Crippen molar-refractivity contribution in [1.82, 2.24) is 0 Å². The van der Waals surface area contributed by atoms with Gasteiger partial charge in [-0.25, -0.2) is 4.57 Å². The average molecular weight is 616 g/mol. The first kappa shape index (κ1) is 30.0. The average Bonchev–Trinajstić information content (AvgIpc) is 3.46. The summed E-state index contributed by atoms with van der Waals surface area (Å²) in [7, 11) is 4.19. The molecule has 0 atom stereocenters. The van der Waals surface area contributed by atoms with Crippen LogP contribution in [-0.4, -0.2) is 44.8 Å². The van der Waals surface area contributed by atoms with E-state index in [2.05, 4.69) is 105 Å². The van der Waals surface area contributed by atoms with Gasteiger partial charge in [-0.3, -0.25) is 0 Å². The van der Waals surface area contributed by atoms with E-state index >= 15 is 0 Å². The predicted octanol–water partition coefficient (Wildman–Crippen LogP) is 0.275. The molecule has 0 aliphatic carbocycles. The molecule has 3 aromatic heterocycles. The highest BCUT2D eigenvalue weighted by atomic mass is 79.9. The molecule has 0 unspecified atom stereocenters. The normalized spacial score (nSPS) is 11.3. The summed E-state index contributed by atoms with van der Waals surface area (Å²) in [5.41, 5.74) is 1.25. The van der Waals surface area contributed by atoms with Gasteiger partial charge in [0, 0.05) is 40.9 Å². The summed E-state index contributed by atoms with van der Waals surface area (Å²) in [6, 6.07) is 13.3. The summed E-state index contributed by atoms with van der Waals surface area (Å²) in [4.78, 5) is 6.13. The van der Waals surface area contributed by atoms with Crippen molar-refractivity contribution in [3.8, 4) is 9.75 Å². The van der Waals surface area contributed by atoms with Gasteiger partial charge < -0.3 is 43.3 Å². The van der Waals surface area contributed by atoms with Gasteiger partial charge in [0.1, 0.15) is 0 Å². The van der Waals surface area contributed by atoms with Crippen molar-refractivity contribution in [2.75, 3.05) is 45.2 Å². The van der Waals surface area contributed by atoms with Gasteiger partial charge in [0.15, 0.2) is 18.9 Å². The fourth-order valence-electron chi connectivity index (χ4n) is 3.92. The van der Waals surface area contributed by atoms with Crippen LogP contribution in [0.15, 0.2) is 48.8 Å². The fourth-order valence-corrected chi connectivity index (χ4v) is 5.85. The second kappa shape index (κ2) is 14.4. The maximum atomic E-state index is 2.32. The highest BCUT2D eigenvalue weighted by Crippen LogP contribution is 2.37. The number of halogens is 2. The van der Waals surface area contributed by atoms with E-state index in [1.165, 1.54) is 62.3 Å². The van der Waals surface area contributed by atoms with Crippen LogP contribution >= 0.6 is 22.7 Å². The number of aryl methyl sites for hydroxylation is 1. The summed E-state index contributed by atoms with van der Waals surface area (Å²) in [5.74, 6) is 0. The Labute approximate surface area is 229 Å². The Morgan fingerprint density at radius 3 is 2.00 bits per heavy atom. The van der Waals surface area contributed by atoms with Gasteiger partial charge >= 0.3 is 0 Å². The number of rotatable bonds is 11. The monoisotopic (exact) mass is 613 g/mol. The molecule has 3 heterocycles. The number of hydrogen-bond donors (Lipinski definition) is 0. The molecule has 0 N–H and O–H groups in total. The summed E-state index contributed by atoms with van der Waals surface area (Å²) in [6.45, 7) is 13.0. The van der Waals surface area contributed by atoms with E-state index in [0.29, 0.717) is 0 Å². The Hall–Kier alpha value is -0.990. The Bertz CT molecular complexity index is 965. The maximum Gasteiger partial charge on any atom is 0.169 e. The van der Waals surface area contributed by atoms with E-state index < -0.39 is 0 Å². The van der Waals surface area contributed by atoms with Crippen molar-refractivity contribution in [3.05, 3.63) is 59.2 Å². The van der Waals surface area contributed by atoms with Crippen molar-refractivity contribution in [2.45, 2.75) is 33.7 Å². The Balaban J connectivity index is 0.00000272. The smallest absolute Gasteiger partial charge is 0.169 e. The van der Waals surface area contributed by atoms with Gasteiger partial charge in [0.25, 0.3) is 0 Å². The third kappa shape index (κ3) is 8.32. The molecule has 0 bridgehead atoms. The minimum Gasteiger partial charge on any atom is -1.00 e. The summed E-state index contributed by atoms with van der Waals surface area (Å²) in [6.07, 6.45) is 10.1. The number of pyridine rings is 1. The lowest BCUT2D eigenvalue weighted by Crippen LogP contribution is -3.00. The van der Waals surface area contributed by atoms with Crippen LogP contribution < -0.4 is 43.4 Å². The molecule has 0 saturated heterocycles. The summed E-state index contributed by atoms with van der Waals surface area (Å²) in [5, 5.41) is 1.29. The van der Waals surface area contributed by atoms with E-state index in [9.17, 15) is 0 Å². The Kier molecular flexibility index (Phi) is 13.1. The quantitative estimate of drug-likeness (QED) is 0.222. The molecule has 0 aliphatic heterocycles. The molecule has 3 aromatic rings. The SMILES string of the molecule is CC[N+](CC)(CC)CCC[n+]1ccc(/C=C/c2ccc(-c3ccc(N(C)C)s3)s2)cc1.[Br-].[Br-]. The first-order valence-corrected chi connectivity index (χ1v) is 13.0. The van der Waals surface area contributed by atoms with E-state index in [0.717, 1.165) is 6.54 Å². The highest BCUT2D eigenvalue weighted by Gasteiger charge is 2.20. The highest BCUT2D eigenvalue weighted by molar-refractivity contribution is 7.24. The van der Waals surface area contributed by atoms with Crippen molar-refractivity contribution < 1.29 is 43.0 Å². The number of anilines is 1. The molecule has 0 aliphatic rings. The lowest BCUT2D eigenvalue weighted by molar-refractivity contribution is -0.925. The summed E-state index contributed by atoms with van der Waals surface area (Å²) < 4.78 is 3.54. The standard InChI is InChI=1S/C26H37N3S2.2BrH/c1-6-29(7-2,8-3)21-9-18-28-19-16-22(17-20-28)10-11-23-12-13-24(30-23)25-14-15-26(31-25)27(4)5;;/h10-17,19-20H,6-9,18,21H2,1-5H3;2*1H/q+2;;/p-2. The number of aromatic nitrogens is 1. The molecule has 0 aromatic carbocycles. The predicted molar refractivity (Wildman–Crippen MR) is 139 cm³/mol. The number of thiophene rings is 2. The van der Waals surface area contributed by atoms with Gasteiger partial charge in [-0.2, -0.15) is 0 Å². The first-order chi connectivity index (χ1) is 15.0. The molecule has 0 saturated carbocycles. The minimum absolute atomic E-state index is 0. The molecule has 3 nitrogen and oxygen atoms in total. The second-order valence-electron chi connectivity index (χ2n) is 8.30. The van der Waals surface area contributed by atoms with Crippen LogP contribution in [0.1, 0.15) is 37.6 Å². The van der Waals surface area contributed by atoms with Crippen LogP contribution in [0.5, 0.6) is 0 Å². The number of nitrogens with zero attached hydrogens (tertiary/aromatic N) is 3. The zero-order valence-electron chi connectivity index (χ0n) is 20.4. The molecule has 33 heavy (non-hydrogen) atoms. The van der Waals surface area contributed by atoms with Crippen LogP contribution in [0.25, 0.3) is 21.9 Å². The van der Waals surface area contributed by atoms with Crippen molar-refractivity contribution >= 4 is 39.8 Å². The fraction of sp³-hybridized carbons (Fsp3) is 0.423. The van der Waals surface area contributed by atoms with E-state index in [-0.39, 0.29) is 34.0 Å². The molecule has 0 amide bonds. The summed E-state index contributed by atoms with van der Waals surface area (Å²) >= 11 is 3.70. The zero-order valence-corrected chi connectivity index (χ0v) is 25.2. The second-order valence-corrected chi connectivity index (χ2v) is 10.5. The molecular weight excluding hydrogens is 578 g/mol. The zero-order chi connectivity index (χ0) is 22.3. The molecule has 0 fully saturated rings. The number of quaternary nitrogens is 1. The van der Waals surface area contributed by atoms with E-state index in [4.69, 9.17) is 0 Å². The molecular formula is C26H37Br2N3S2. The maximum absolute atomic E-state index is 2.32. The Morgan fingerprint density at radius 1 is 0.818 bits per heavy atom. The number of hydrogen-bond acceptors (Lipinski definition) is 3. The minimum atomic E-state index is 0. The molecule has 3 rings (SSSR count). The van der Waals surface area contributed by atoms with Crippen molar-refractivity contribution in [1.29, 1.82) is 0 Å². The van der Waals surface area contributed by atoms with Gasteiger partial charge in [0.05, 0.1) is 37.6 Å². The van der Waals surface area contributed by atoms with Gasteiger partial charge in [-0.15, -0.1) is 22.7 Å². The van der Waals surface area contributed by atoms with E-state index in [1.54, 1.807) is 0 Å². The van der Waals surface area contributed by atoms with Crippen LogP contribution in [0.4, 0.5) is 5.00 Å².